The van der Waals surface area contributed by atoms with Gasteiger partial charge in [0, 0.05) is 23.0 Å². The smallest absolute Gasteiger partial charge is 0.0722 e. The van der Waals surface area contributed by atoms with Gasteiger partial charge >= 0.3 is 0 Å². The summed E-state index contributed by atoms with van der Waals surface area (Å²) >= 11 is 0. The molecule has 0 saturated carbocycles. The van der Waals surface area contributed by atoms with Crippen LogP contribution in [0.4, 0.5) is 5.69 Å². The summed E-state index contributed by atoms with van der Waals surface area (Å²) in [5.41, 5.74) is 21.6. The SMILES string of the molecule is C=C/C=C(\C=C/N(C1=CC2=C(CC1)c1ccccc1C21c2ccccc2-c2ccccc21)c1ccc2c(c1)C(C)(C)c1ccccc1-2)C1=CCCCC1. The van der Waals surface area contributed by atoms with Crippen molar-refractivity contribution in [3.8, 4) is 22.3 Å². The summed E-state index contributed by atoms with van der Waals surface area (Å²) < 4.78 is 0. The van der Waals surface area contributed by atoms with Crippen LogP contribution in [0.3, 0.4) is 0 Å². The highest BCUT2D eigenvalue weighted by molar-refractivity contribution is 5.96. The molecule has 0 aromatic heterocycles. The lowest BCUT2D eigenvalue weighted by atomic mass is 9.69. The maximum absolute atomic E-state index is 4.11. The van der Waals surface area contributed by atoms with Crippen molar-refractivity contribution in [1.82, 2.24) is 0 Å². The van der Waals surface area contributed by atoms with Gasteiger partial charge in [-0.1, -0.05) is 142 Å². The molecule has 0 saturated heterocycles. The van der Waals surface area contributed by atoms with Crippen LogP contribution in [-0.2, 0) is 10.8 Å². The molecule has 53 heavy (non-hydrogen) atoms. The lowest BCUT2D eigenvalue weighted by Crippen LogP contribution is -2.28. The van der Waals surface area contributed by atoms with E-state index in [2.05, 4.69) is 171 Å². The van der Waals surface area contributed by atoms with Gasteiger partial charge in [-0.05, 0) is 141 Å². The molecule has 0 heterocycles. The number of allylic oxidation sites excluding steroid dienone is 10. The van der Waals surface area contributed by atoms with Crippen molar-refractivity contribution in [2.45, 2.75) is 63.2 Å². The predicted molar refractivity (Wildman–Crippen MR) is 223 cm³/mol. The quantitative estimate of drug-likeness (QED) is 0.161. The van der Waals surface area contributed by atoms with Crippen LogP contribution in [-0.4, -0.2) is 0 Å². The zero-order valence-electron chi connectivity index (χ0n) is 30.8. The number of benzene rings is 5. The van der Waals surface area contributed by atoms with E-state index in [-0.39, 0.29) is 10.8 Å². The van der Waals surface area contributed by atoms with Crippen molar-refractivity contribution < 1.29 is 0 Å². The van der Waals surface area contributed by atoms with Crippen LogP contribution in [0.15, 0.2) is 181 Å². The monoisotopic (exact) mass is 683 g/mol. The Labute approximate surface area is 314 Å². The van der Waals surface area contributed by atoms with Crippen LogP contribution in [0.1, 0.15) is 85.8 Å². The Morgan fingerprint density at radius 1 is 0.642 bits per heavy atom. The topological polar surface area (TPSA) is 3.24 Å². The minimum absolute atomic E-state index is 0.0802. The third-order valence-electron chi connectivity index (χ3n) is 12.8. The van der Waals surface area contributed by atoms with E-state index in [4.69, 9.17) is 0 Å². The molecule has 0 amide bonds. The first-order chi connectivity index (χ1) is 26.0. The molecule has 5 aliphatic carbocycles. The molecule has 5 aliphatic rings. The Bertz CT molecular complexity index is 2460. The van der Waals surface area contributed by atoms with E-state index in [0.717, 1.165) is 25.7 Å². The largest absolute Gasteiger partial charge is 0.321 e. The maximum atomic E-state index is 4.11. The summed E-state index contributed by atoms with van der Waals surface area (Å²) in [6, 6.07) is 43.6. The van der Waals surface area contributed by atoms with Gasteiger partial charge in [0.05, 0.1) is 5.41 Å². The first kappa shape index (κ1) is 32.0. The van der Waals surface area contributed by atoms with Gasteiger partial charge in [-0.15, -0.1) is 0 Å². The fourth-order valence-corrected chi connectivity index (χ4v) is 10.4. The van der Waals surface area contributed by atoms with Crippen molar-refractivity contribution in [2.24, 2.45) is 0 Å². The fourth-order valence-electron chi connectivity index (χ4n) is 10.4. The zero-order valence-corrected chi connectivity index (χ0v) is 30.8. The molecule has 5 aromatic rings. The summed E-state index contributed by atoms with van der Waals surface area (Å²) in [7, 11) is 0. The minimum atomic E-state index is -0.345. The Hall–Kier alpha value is -5.66. The lowest BCUT2D eigenvalue weighted by molar-refractivity contribution is 0.660. The van der Waals surface area contributed by atoms with Crippen LogP contribution in [0.25, 0.3) is 27.8 Å². The second-order valence-electron chi connectivity index (χ2n) is 15.8. The molecule has 0 unspecified atom stereocenters. The fraction of sp³-hybridized carbons (Fsp3) is 0.192. The van der Waals surface area contributed by atoms with E-state index in [9.17, 15) is 0 Å². The summed E-state index contributed by atoms with van der Waals surface area (Å²) in [5.74, 6) is 0. The maximum Gasteiger partial charge on any atom is 0.0722 e. The van der Waals surface area contributed by atoms with E-state index in [1.807, 2.05) is 6.08 Å². The molecule has 0 aliphatic heterocycles. The Kier molecular flexibility index (Phi) is 7.38. The first-order valence-electron chi connectivity index (χ1n) is 19.5. The van der Waals surface area contributed by atoms with E-state index in [1.54, 1.807) is 0 Å². The van der Waals surface area contributed by atoms with Crippen LogP contribution < -0.4 is 4.90 Å². The van der Waals surface area contributed by atoms with Crippen LogP contribution in [0.5, 0.6) is 0 Å². The highest BCUT2D eigenvalue weighted by Gasteiger charge is 2.52. The minimum Gasteiger partial charge on any atom is -0.321 e. The second kappa shape index (κ2) is 12.2. The molecule has 1 heteroatoms. The number of fused-ring (bicyclic) bond motifs is 12. The van der Waals surface area contributed by atoms with Gasteiger partial charge in [0.2, 0.25) is 0 Å². The van der Waals surface area contributed by atoms with Gasteiger partial charge < -0.3 is 4.90 Å². The molecule has 10 rings (SSSR count). The Balaban J connectivity index is 1.18. The van der Waals surface area contributed by atoms with Crippen LogP contribution >= 0.6 is 0 Å². The molecule has 258 valence electrons. The van der Waals surface area contributed by atoms with E-state index in [0.29, 0.717) is 0 Å². The highest BCUT2D eigenvalue weighted by Crippen LogP contribution is 2.63. The number of rotatable bonds is 6. The van der Waals surface area contributed by atoms with Gasteiger partial charge in [0.25, 0.3) is 0 Å². The van der Waals surface area contributed by atoms with Crippen molar-refractivity contribution >= 4 is 11.3 Å². The van der Waals surface area contributed by atoms with Gasteiger partial charge in [0.1, 0.15) is 0 Å². The average molecular weight is 684 g/mol. The first-order valence-corrected chi connectivity index (χ1v) is 19.5. The van der Waals surface area contributed by atoms with E-state index < -0.39 is 0 Å². The summed E-state index contributed by atoms with van der Waals surface area (Å²) in [6.07, 6.45) is 20.6. The second-order valence-corrected chi connectivity index (χ2v) is 15.8. The van der Waals surface area contributed by atoms with Crippen LogP contribution in [0.2, 0.25) is 0 Å². The number of hydrogen-bond donors (Lipinski definition) is 0. The van der Waals surface area contributed by atoms with Gasteiger partial charge in [0.15, 0.2) is 0 Å². The molecule has 1 nitrogen and oxygen atoms in total. The molecular formula is C52H45N. The zero-order chi connectivity index (χ0) is 35.7. The standard InChI is InChI=1S/C52H45N/c1-4-16-35(36-17-6-5-7-18-36)31-32-53(37-27-29-43-39-19-8-12-23-45(39)51(2,3)49(43)33-37)38-28-30-44-42-22-11-15-26-48(42)52(50(44)34-38)46-24-13-9-20-40(46)41-21-10-14-25-47(41)52/h4,8-17,19-27,29,31-34H,1,5-7,18,28,30H2,2-3H3/b32-31-,35-16+. The third-order valence-corrected chi connectivity index (χ3v) is 12.8. The molecular weight excluding hydrogens is 639 g/mol. The van der Waals surface area contributed by atoms with Crippen molar-refractivity contribution in [3.05, 3.63) is 214 Å². The molecule has 5 aromatic carbocycles. The summed E-state index contributed by atoms with van der Waals surface area (Å²) in [6.45, 7) is 8.88. The Morgan fingerprint density at radius 2 is 1.25 bits per heavy atom. The van der Waals surface area contributed by atoms with Crippen LogP contribution in [0, 0.1) is 0 Å². The van der Waals surface area contributed by atoms with Crippen molar-refractivity contribution in [1.29, 1.82) is 0 Å². The van der Waals surface area contributed by atoms with Gasteiger partial charge in [-0.25, -0.2) is 0 Å². The van der Waals surface area contributed by atoms with Gasteiger partial charge in [-0.3, -0.25) is 0 Å². The number of anilines is 1. The third kappa shape index (κ3) is 4.63. The van der Waals surface area contributed by atoms with Crippen molar-refractivity contribution in [3.63, 3.8) is 0 Å². The molecule has 0 atom stereocenters. The molecule has 1 spiro atoms. The predicted octanol–water partition coefficient (Wildman–Crippen LogP) is 13.4. The lowest BCUT2D eigenvalue weighted by Gasteiger charge is -2.35. The summed E-state index contributed by atoms with van der Waals surface area (Å²) in [4.78, 5) is 2.51. The molecule has 0 fully saturated rings. The molecule has 0 bridgehead atoms. The summed E-state index contributed by atoms with van der Waals surface area (Å²) in [5, 5.41) is 0. The molecule has 0 radical (unpaired) electrons. The van der Waals surface area contributed by atoms with E-state index >= 15 is 0 Å². The van der Waals surface area contributed by atoms with E-state index in [1.165, 1.54) is 102 Å². The highest BCUT2D eigenvalue weighted by atomic mass is 15.1. The number of hydrogen-bond acceptors (Lipinski definition) is 1. The molecule has 0 N–H and O–H groups in total. The average Bonchev–Trinajstić information content (AvgIpc) is 3.76. The normalized spacial score (nSPS) is 18.5. The number of nitrogens with zero attached hydrogens (tertiary/aromatic N) is 1. The van der Waals surface area contributed by atoms with Gasteiger partial charge in [-0.2, -0.15) is 0 Å². The Morgan fingerprint density at radius 3 is 1.91 bits per heavy atom. The van der Waals surface area contributed by atoms with Crippen molar-refractivity contribution in [2.75, 3.05) is 4.90 Å².